The number of methoxy groups -OCH3 is 1. The van der Waals surface area contributed by atoms with Crippen LogP contribution >= 0.6 is 11.8 Å². The fourth-order valence-electron chi connectivity index (χ4n) is 3.55. The molecule has 2 aromatic heterocycles. The molecule has 0 fully saturated rings. The first-order chi connectivity index (χ1) is 15.2. The summed E-state index contributed by atoms with van der Waals surface area (Å²) >= 11 is 1.71. The zero-order valence-electron chi connectivity index (χ0n) is 16.8. The van der Waals surface area contributed by atoms with Gasteiger partial charge in [0.1, 0.15) is 5.75 Å². The predicted octanol–water partition coefficient (Wildman–Crippen LogP) is 5.52. The molecule has 5 aromatic rings. The summed E-state index contributed by atoms with van der Waals surface area (Å²) < 4.78 is 6.88. The molecule has 0 amide bonds. The minimum Gasteiger partial charge on any atom is -0.496 e. The van der Waals surface area contributed by atoms with Gasteiger partial charge in [-0.3, -0.25) is 9.89 Å². The van der Waals surface area contributed by atoms with Gasteiger partial charge in [-0.25, -0.2) is 9.50 Å². The first kappa shape index (κ1) is 19.2. The van der Waals surface area contributed by atoms with Crippen molar-refractivity contribution < 1.29 is 4.74 Å². The average molecular weight is 426 g/mol. The molecule has 6 heteroatoms. The highest BCUT2D eigenvalue weighted by molar-refractivity contribution is 7.99. The Morgan fingerprint density at radius 3 is 2.32 bits per heavy atom. The molecule has 31 heavy (non-hydrogen) atoms. The lowest BCUT2D eigenvalue weighted by molar-refractivity contribution is 0.416. The van der Waals surface area contributed by atoms with Crippen molar-refractivity contribution in [3.8, 4) is 28.0 Å². The maximum absolute atomic E-state index is 13.1. The number of fused-ring (bicyclic) bond motifs is 1. The third-order valence-electron chi connectivity index (χ3n) is 5.08. The zero-order valence-corrected chi connectivity index (χ0v) is 17.6. The van der Waals surface area contributed by atoms with Crippen molar-refractivity contribution in [2.75, 3.05) is 7.11 Å². The van der Waals surface area contributed by atoms with E-state index in [1.54, 1.807) is 25.1 Å². The number of nitrogens with one attached hydrogen (secondary N) is 1. The summed E-state index contributed by atoms with van der Waals surface area (Å²) in [6, 6.07) is 26.0. The summed E-state index contributed by atoms with van der Waals surface area (Å²) in [6.07, 6.45) is 3.43. The minimum atomic E-state index is -0.169. The fourth-order valence-corrected chi connectivity index (χ4v) is 4.39. The van der Waals surface area contributed by atoms with Gasteiger partial charge in [0.25, 0.3) is 5.56 Å². The smallest absolute Gasteiger partial charge is 0.280 e. The van der Waals surface area contributed by atoms with Crippen LogP contribution in [0.15, 0.2) is 106 Å². The Kier molecular flexibility index (Phi) is 5.06. The molecule has 0 atom stereocenters. The van der Waals surface area contributed by atoms with Crippen molar-refractivity contribution in [2.45, 2.75) is 9.79 Å². The number of rotatable bonds is 5. The van der Waals surface area contributed by atoms with Gasteiger partial charge in [0.05, 0.1) is 12.7 Å². The first-order valence-electron chi connectivity index (χ1n) is 9.80. The van der Waals surface area contributed by atoms with E-state index in [0.29, 0.717) is 17.0 Å². The maximum atomic E-state index is 13.1. The van der Waals surface area contributed by atoms with Crippen LogP contribution in [0.3, 0.4) is 0 Å². The zero-order chi connectivity index (χ0) is 21.2. The molecular weight excluding hydrogens is 406 g/mol. The fraction of sp³-hybridized carbons (Fsp3) is 0.0400. The molecule has 5 nitrogen and oxygen atoms in total. The number of H-pyrrole nitrogens is 1. The van der Waals surface area contributed by atoms with Gasteiger partial charge in [0.2, 0.25) is 0 Å². The Bertz CT molecular complexity index is 1410. The standard InChI is InChI=1S/C25H19N3O2S/c1-30-23-10-6-5-9-20(23)22-15-26-24-21(16-27-28(24)25(22)29)17-11-13-19(14-12-17)31-18-7-3-2-4-8-18/h2-16,27H,1H3. The number of nitrogens with zero attached hydrogens (tertiary/aromatic N) is 2. The number of ether oxygens (including phenoxy) is 1. The summed E-state index contributed by atoms with van der Waals surface area (Å²) in [4.78, 5) is 20.1. The highest BCUT2D eigenvalue weighted by Crippen LogP contribution is 2.31. The second-order valence-electron chi connectivity index (χ2n) is 6.96. The van der Waals surface area contributed by atoms with Crippen LogP contribution in [0.5, 0.6) is 5.75 Å². The van der Waals surface area contributed by atoms with Crippen molar-refractivity contribution in [1.82, 2.24) is 14.6 Å². The van der Waals surface area contributed by atoms with E-state index in [9.17, 15) is 4.79 Å². The molecule has 0 radical (unpaired) electrons. The maximum Gasteiger partial charge on any atom is 0.280 e. The van der Waals surface area contributed by atoms with Crippen LogP contribution in [0, 0.1) is 0 Å². The molecular formula is C25H19N3O2S. The quantitative estimate of drug-likeness (QED) is 0.403. The Morgan fingerprint density at radius 1 is 0.839 bits per heavy atom. The summed E-state index contributed by atoms with van der Waals surface area (Å²) in [5.74, 6) is 0.639. The lowest BCUT2D eigenvalue weighted by atomic mass is 10.1. The summed E-state index contributed by atoms with van der Waals surface area (Å²) in [6.45, 7) is 0. The first-order valence-corrected chi connectivity index (χ1v) is 10.6. The van der Waals surface area contributed by atoms with Gasteiger partial charge >= 0.3 is 0 Å². The minimum absolute atomic E-state index is 0.169. The lowest BCUT2D eigenvalue weighted by Gasteiger charge is -2.08. The molecule has 0 aliphatic heterocycles. The predicted molar refractivity (Wildman–Crippen MR) is 124 cm³/mol. The third kappa shape index (κ3) is 3.62. The van der Waals surface area contributed by atoms with Crippen LogP contribution in [0.2, 0.25) is 0 Å². The Morgan fingerprint density at radius 2 is 1.55 bits per heavy atom. The SMILES string of the molecule is COc1ccccc1-c1cnc2c(-c3ccc(Sc4ccccc4)cc3)c[nH]n2c1=O. The van der Waals surface area contributed by atoms with Crippen LogP contribution in [0.1, 0.15) is 0 Å². The molecule has 0 aliphatic rings. The van der Waals surface area contributed by atoms with Crippen molar-refractivity contribution in [1.29, 1.82) is 0 Å². The molecule has 0 saturated heterocycles. The Hall–Kier alpha value is -3.77. The number of para-hydroxylation sites is 1. The Balaban J connectivity index is 1.50. The molecule has 0 unspecified atom stereocenters. The molecule has 0 bridgehead atoms. The van der Waals surface area contributed by atoms with Crippen molar-refractivity contribution in [3.63, 3.8) is 0 Å². The van der Waals surface area contributed by atoms with Crippen LogP contribution < -0.4 is 10.3 Å². The molecule has 1 N–H and O–H groups in total. The lowest BCUT2D eigenvalue weighted by Crippen LogP contribution is -2.17. The topological polar surface area (TPSA) is 59.4 Å². The molecule has 0 aliphatic carbocycles. The molecule has 0 saturated carbocycles. The van der Waals surface area contributed by atoms with Crippen molar-refractivity contribution >= 4 is 17.4 Å². The second-order valence-corrected chi connectivity index (χ2v) is 8.11. The van der Waals surface area contributed by atoms with Crippen molar-refractivity contribution in [2.24, 2.45) is 0 Å². The van der Waals surface area contributed by atoms with E-state index >= 15 is 0 Å². The number of aromatic nitrogens is 3. The van der Waals surface area contributed by atoms with E-state index in [-0.39, 0.29) is 5.56 Å². The van der Waals surface area contributed by atoms with E-state index in [4.69, 9.17) is 4.74 Å². The van der Waals surface area contributed by atoms with Gasteiger partial charge in [-0.05, 0) is 35.9 Å². The van der Waals surface area contributed by atoms with E-state index in [1.165, 1.54) is 9.41 Å². The summed E-state index contributed by atoms with van der Waals surface area (Å²) in [7, 11) is 1.59. The van der Waals surface area contributed by atoms with Crippen molar-refractivity contribution in [3.05, 3.63) is 102 Å². The number of benzene rings is 3. The number of hydrogen-bond acceptors (Lipinski definition) is 4. The monoisotopic (exact) mass is 425 g/mol. The number of hydrogen-bond donors (Lipinski definition) is 1. The van der Waals surface area contributed by atoms with Crippen LogP contribution in [-0.4, -0.2) is 21.7 Å². The third-order valence-corrected chi connectivity index (χ3v) is 6.10. The van der Waals surface area contributed by atoms with E-state index in [2.05, 4.69) is 46.5 Å². The number of aromatic amines is 1. The van der Waals surface area contributed by atoms with E-state index in [0.717, 1.165) is 21.6 Å². The molecule has 2 heterocycles. The van der Waals surface area contributed by atoms with E-state index < -0.39 is 0 Å². The molecule has 5 rings (SSSR count). The van der Waals surface area contributed by atoms with Crippen LogP contribution in [0.4, 0.5) is 0 Å². The van der Waals surface area contributed by atoms with Gasteiger partial charge in [-0.1, -0.05) is 60.3 Å². The largest absolute Gasteiger partial charge is 0.496 e. The summed E-state index contributed by atoms with van der Waals surface area (Å²) in [5.41, 5.74) is 3.49. The van der Waals surface area contributed by atoms with Gasteiger partial charge in [-0.2, -0.15) is 0 Å². The normalized spacial score (nSPS) is 11.0. The summed E-state index contributed by atoms with van der Waals surface area (Å²) in [5, 5.41) is 3.05. The highest BCUT2D eigenvalue weighted by atomic mass is 32.2. The molecule has 0 spiro atoms. The highest BCUT2D eigenvalue weighted by Gasteiger charge is 2.15. The van der Waals surface area contributed by atoms with Crippen LogP contribution in [-0.2, 0) is 0 Å². The van der Waals surface area contributed by atoms with Gasteiger partial charge < -0.3 is 4.74 Å². The van der Waals surface area contributed by atoms with Gasteiger partial charge in [-0.15, -0.1) is 0 Å². The van der Waals surface area contributed by atoms with Gasteiger partial charge in [0.15, 0.2) is 5.65 Å². The molecule has 152 valence electrons. The van der Waals surface area contributed by atoms with E-state index in [1.807, 2.05) is 48.7 Å². The average Bonchev–Trinajstić information content (AvgIpc) is 3.26. The Labute approximate surface area is 183 Å². The van der Waals surface area contributed by atoms with Crippen LogP contribution in [0.25, 0.3) is 27.9 Å². The second kappa shape index (κ2) is 8.16. The molecule has 3 aromatic carbocycles. The van der Waals surface area contributed by atoms with Gasteiger partial charge in [0, 0.05) is 33.3 Å².